The van der Waals surface area contributed by atoms with Gasteiger partial charge in [-0.05, 0) is 28.2 Å². The van der Waals surface area contributed by atoms with Crippen LogP contribution >= 0.6 is 0 Å². The number of hydrogen-bond donors (Lipinski definition) is 0. The molecule has 0 bridgehead atoms. The molecule has 0 N–H and O–H groups in total. The van der Waals surface area contributed by atoms with Crippen LogP contribution in [0.25, 0.3) is 45.3 Å². The van der Waals surface area contributed by atoms with Gasteiger partial charge in [0, 0.05) is 16.7 Å². The van der Waals surface area contributed by atoms with Crippen LogP contribution in [0.15, 0.2) is 109 Å². The van der Waals surface area contributed by atoms with Crippen molar-refractivity contribution in [3.63, 3.8) is 0 Å². The number of benzene rings is 4. The fourth-order valence-electron chi connectivity index (χ4n) is 3.94. The van der Waals surface area contributed by atoms with E-state index in [1.54, 1.807) is 0 Å². The highest BCUT2D eigenvalue weighted by molar-refractivity contribution is 5.72. The van der Waals surface area contributed by atoms with E-state index in [1.165, 1.54) is 11.1 Å². The Morgan fingerprint density at radius 1 is 0.412 bits per heavy atom. The van der Waals surface area contributed by atoms with E-state index >= 15 is 0 Å². The third-order valence-electron chi connectivity index (χ3n) is 5.90. The lowest BCUT2D eigenvalue weighted by Crippen LogP contribution is -2.10. The Bertz CT molecular complexity index is 1400. The van der Waals surface area contributed by atoms with Crippen LogP contribution in [-0.2, 0) is 5.41 Å². The van der Waals surface area contributed by atoms with Gasteiger partial charge in [0.25, 0.3) is 0 Å². The predicted molar refractivity (Wildman–Crippen MR) is 140 cm³/mol. The monoisotopic (exact) mass is 441 g/mol. The first-order valence-electron chi connectivity index (χ1n) is 11.6. The smallest absolute Gasteiger partial charge is 0.164 e. The molecule has 0 atom stereocenters. The van der Waals surface area contributed by atoms with E-state index in [0.717, 1.165) is 22.3 Å². The van der Waals surface area contributed by atoms with E-state index in [0.29, 0.717) is 17.5 Å². The topological polar surface area (TPSA) is 38.7 Å². The first kappa shape index (κ1) is 21.7. The van der Waals surface area contributed by atoms with E-state index in [2.05, 4.69) is 93.6 Å². The summed E-state index contributed by atoms with van der Waals surface area (Å²) in [5.74, 6) is 2.02. The van der Waals surface area contributed by atoms with Crippen LogP contribution in [0.5, 0.6) is 0 Å². The lowest BCUT2D eigenvalue weighted by molar-refractivity contribution is 0.590. The summed E-state index contributed by atoms with van der Waals surface area (Å²) in [5.41, 5.74) is 6.59. The van der Waals surface area contributed by atoms with Gasteiger partial charge in [0.15, 0.2) is 17.5 Å². The molecule has 0 aliphatic carbocycles. The molecule has 5 aromatic rings. The van der Waals surface area contributed by atoms with Gasteiger partial charge in [0.1, 0.15) is 0 Å². The number of nitrogens with zero attached hydrogens (tertiary/aromatic N) is 3. The zero-order valence-electron chi connectivity index (χ0n) is 19.7. The van der Waals surface area contributed by atoms with Crippen molar-refractivity contribution in [3.05, 3.63) is 115 Å². The standard InChI is InChI=1S/C31H27N3/c1-31(2,3)27-19-17-24(18-20-27)29-32-28(23-13-8-5-9-14-23)33-30(34-29)26-16-10-15-25(21-26)22-11-6-4-7-12-22/h4-21H,1-3H3. The molecule has 3 nitrogen and oxygen atoms in total. The van der Waals surface area contributed by atoms with Crippen molar-refractivity contribution in [1.82, 2.24) is 15.0 Å². The van der Waals surface area contributed by atoms with E-state index in [1.807, 2.05) is 36.4 Å². The summed E-state index contributed by atoms with van der Waals surface area (Å²) in [4.78, 5) is 14.6. The van der Waals surface area contributed by atoms with Crippen LogP contribution in [0, 0.1) is 0 Å². The Morgan fingerprint density at radius 3 is 1.41 bits per heavy atom. The highest BCUT2D eigenvalue weighted by atomic mass is 15.0. The molecule has 0 fully saturated rings. The highest BCUT2D eigenvalue weighted by Gasteiger charge is 2.16. The summed E-state index contributed by atoms with van der Waals surface area (Å²) < 4.78 is 0. The second kappa shape index (κ2) is 9.03. The maximum absolute atomic E-state index is 4.90. The molecule has 34 heavy (non-hydrogen) atoms. The summed E-state index contributed by atoms with van der Waals surface area (Å²) in [6.07, 6.45) is 0. The Labute approximate surface area is 201 Å². The summed E-state index contributed by atoms with van der Waals surface area (Å²) in [6, 6.07) is 37.4. The minimum atomic E-state index is 0.0931. The molecule has 0 saturated carbocycles. The normalized spacial score (nSPS) is 11.4. The molecular weight excluding hydrogens is 414 g/mol. The Kier molecular flexibility index (Phi) is 5.77. The first-order valence-corrected chi connectivity index (χ1v) is 11.6. The summed E-state index contributed by atoms with van der Waals surface area (Å²) in [6.45, 7) is 6.66. The minimum absolute atomic E-state index is 0.0931. The highest BCUT2D eigenvalue weighted by Crippen LogP contribution is 2.29. The first-order chi connectivity index (χ1) is 16.5. The van der Waals surface area contributed by atoms with Crippen LogP contribution in [0.4, 0.5) is 0 Å². The van der Waals surface area contributed by atoms with Gasteiger partial charge in [0.2, 0.25) is 0 Å². The molecule has 166 valence electrons. The Balaban J connectivity index is 1.63. The van der Waals surface area contributed by atoms with Crippen molar-refractivity contribution in [2.45, 2.75) is 26.2 Å². The van der Waals surface area contributed by atoms with Crippen LogP contribution in [0.2, 0.25) is 0 Å². The molecule has 0 unspecified atom stereocenters. The van der Waals surface area contributed by atoms with E-state index in [-0.39, 0.29) is 5.41 Å². The lowest BCUT2D eigenvalue weighted by atomic mass is 9.87. The van der Waals surface area contributed by atoms with Gasteiger partial charge in [0.05, 0.1) is 0 Å². The van der Waals surface area contributed by atoms with Gasteiger partial charge < -0.3 is 0 Å². The van der Waals surface area contributed by atoms with Gasteiger partial charge >= 0.3 is 0 Å². The Morgan fingerprint density at radius 2 is 0.853 bits per heavy atom. The van der Waals surface area contributed by atoms with Gasteiger partial charge in [-0.2, -0.15) is 0 Å². The number of hydrogen-bond acceptors (Lipinski definition) is 3. The maximum atomic E-state index is 4.90. The van der Waals surface area contributed by atoms with Crippen molar-refractivity contribution >= 4 is 0 Å². The average Bonchev–Trinajstić information content (AvgIpc) is 2.89. The molecule has 1 heterocycles. The molecule has 0 spiro atoms. The molecule has 3 heteroatoms. The predicted octanol–water partition coefficient (Wildman–Crippen LogP) is 7.84. The van der Waals surface area contributed by atoms with E-state index in [9.17, 15) is 0 Å². The minimum Gasteiger partial charge on any atom is -0.208 e. The molecule has 0 saturated heterocycles. The van der Waals surface area contributed by atoms with Crippen LogP contribution < -0.4 is 0 Å². The number of rotatable bonds is 4. The van der Waals surface area contributed by atoms with Crippen molar-refractivity contribution in [1.29, 1.82) is 0 Å². The summed E-state index contributed by atoms with van der Waals surface area (Å²) in [5, 5.41) is 0. The van der Waals surface area contributed by atoms with Crippen molar-refractivity contribution in [2.24, 2.45) is 0 Å². The summed E-state index contributed by atoms with van der Waals surface area (Å²) >= 11 is 0. The van der Waals surface area contributed by atoms with Crippen molar-refractivity contribution in [2.75, 3.05) is 0 Å². The van der Waals surface area contributed by atoms with Crippen molar-refractivity contribution in [3.8, 4) is 45.3 Å². The third kappa shape index (κ3) is 4.65. The second-order valence-electron chi connectivity index (χ2n) is 9.45. The van der Waals surface area contributed by atoms with Gasteiger partial charge in [-0.1, -0.05) is 124 Å². The maximum Gasteiger partial charge on any atom is 0.164 e. The zero-order valence-corrected chi connectivity index (χ0v) is 19.7. The van der Waals surface area contributed by atoms with Crippen LogP contribution in [0.3, 0.4) is 0 Å². The average molecular weight is 442 g/mol. The fraction of sp³-hybridized carbons (Fsp3) is 0.129. The Hall–Kier alpha value is -4.11. The van der Waals surface area contributed by atoms with Crippen LogP contribution in [0.1, 0.15) is 26.3 Å². The molecule has 0 radical (unpaired) electrons. The third-order valence-corrected chi connectivity index (χ3v) is 5.90. The molecule has 0 amide bonds. The largest absolute Gasteiger partial charge is 0.208 e. The lowest BCUT2D eigenvalue weighted by Gasteiger charge is -2.19. The quantitative estimate of drug-likeness (QED) is 0.285. The van der Waals surface area contributed by atoms with Crippen molar-refractivity contribution < 1.29 is 0 Å². The fourth-order valence-corrected chi connectivity index (χ4v) is 3.94. The molecule has 5 rings (SSSR count). The molecular formula is C31H27N3. The van der Waals surface area contributed by atoms with Gasteiger partial charge in [-0.15, -0.1) is 0 Å². The molecule has 0 aliphatic heterocycles. The number of aromatic nitrogens is 3. The molecule has 0 aliphatic rings. The molecule has 4 aromatic carbocycles. The SMILES string of the molecule is CC(C)(C)c1ccc(-c2nc(-c3ccccc3)nc(-c3cccc(-c4ccccc4)c3)n2)cc1. The molecule has 1 aromatic heterocycles. The zero-order chi connectivity index (χ0) is 23.5. The van der Waals surface area contributed by atoms with Gasteiger partial charge in [-0.3, -0.25) is 0 Å². The van der Waals surface area contributed by atoms with Crippen LogP contribution in [-0.4, -0.2) is 15.0 Å². The van der Waals surface area contributed by atoms with Gasteiger partial charge in [-0.25, -0.2) is 15.0 Å². The van der Waals surface area contributed by atoms with E-state index < -0.39 is 0 Å². The second-order valence-corrected chi connectivity index (χ2v) is 9.45. The summed E-state index contributed by atoms with van der Waals surface area (Å²) in [7, 11) is 0. The van der Waals surface area contributed by atoms with E-state index in [4.69, 9.17) is 15.0 Å².